The second-order valence-corrected chi connectivity index (χ2v) is 5.24. The number of para-hydroxylation sites is 1. The third kappa shape index (κ3) is 4.55. The standard InChI is InChI=1S/C16H16ClFN2O/c1-11(12-6-8-13(17)9-7-12)19-10-16(21)20-15-5-3-2-4-14(15)18/h2-9,11,19H,10H2,1H3,(H,20,21)/p+1/t11-/m1/s1. The van der Waals surface area contributed by atoms with Crippen molar-refractivity contribution in [2.45, 2.75) is 13.0 Å². The molecule has 3 N–H and O–H groups in total. The smallest absolute Gasteiger partial charge is 0.279 e. The van der Waals surface area contributed by atoms with Gasteiger partial charge in [-0.1, -0.05) is 35.9 Å². The van der Waals surface area contributed by atoms with Crippen LogP contribution in [0.25, 0.3) is 0 Å². The number of carbonyl (C=O) groups excluding carboxylic acids is 1. The highest BCUT2D eigenvalue weighted by Crippen LogP contribution is 2.14. The molecule has 0 saturated carbocycles. The maximum Gasteiger partial charge on any atom is 0.279 e. The summed E-state index contributed by atoms with van der Waals surface area (Å²) >= 11 is 5.84. The lowest BCUT2D eigenvalue weighted by Gasteiger charge is -2.11. The van der Waals surface area contributed by atoms with Crippen molar-refractivity contribution in [3.05, 3.63) is 64.9 Å². The molecule has 0 fully saturated rings. The van der Waals surface area contributed by atoms with E-state index in [9.17, 15) is 9.18 Å². The van der Waals surface area contributed by atoms with Gasteiger partial charge in [0.15, 0.2) is 6.54 Å². The number of rotatable bonds is 5. The van der Waals surface area contributed by atoms with Gasteiger partial charge in [-0.15, -0.1) is 0 Å². The minimum Gasteiger partial charge on any atom is -0.333 e. The molecular formula is C16H17ClFN2O+. The van der Waals surface area contributed by atoms with Gasteiger partial charge in [0.1, 0.15) is 11.9 Å². The normalized spacial score (nSPS) is 12.0. The van der Waals surface area contributed by atoms with Crippen LogP contribution in [0.5, 0.6) is 0 Å². The number of carbonyl (C=O) groups is 1. The Morgan fingerprint density at radius 2 is 1.90 bits per heavy atom. The van der Waals surface area contributed by atoms with Gasteiger partial charge in [-0.05, 0) is 31.2 Å². The maximum atomic E-state index is 13.4. The third-order valence-corrected chi connectivity index (χ3v) is 3.45. The van der Waals surface area contributed by atoms with Crippen molar-refractivity contribution in [3.63, 3.8) is 0 Å². The molecule has 1 amide bonds. The Labute approximate surface area is 128 Å². The van der Waals surface area contributed by atoms with Crippen LogP contribution in [0.4, 0.5) is 10.1 Å². The van der Waals surface area contributed by atoms with Crippen molar-refractivity contribution in [1.29, 1.82) is 0 Å². The van der Waals surface area contributed by atoms with Crippen LogP contribution in [-0.2, 0) is 4.79 Å². The Morgan fingerprint density at radius 1 is 1.24 bits per heavy atom. The van der Waals surface area contributed by atoms with Gasteiger partial charge < -0.3 is 10.6 Å². The first-order chi connectivity index (χ1) is 10.1. The number of quaternary nitrogens is 1. The summed E-state index contributed by atoms with van der Waals surface area (Å²) in [7, 11) is 0. The van der Waals surface area contributed by atoms with Crippen LogP contribution in [-0.4, -0.2) is 12.5 Å². The van der Waals surface area contributed by atoms with Gasteiger partial charge in [0.25, 0.3) is 5.91 Å². The largest absolute Gasteiger partial charge is 0.333 e. The predicted octanol–water partition coefficient (Wildman–Crippen LogP) is 2.74. The summed E-state index contributed by atoms with van der Waals surface area (Å²) in [5.41, 5.74) is 1.29. The molecule has 110 valence electrons. The SMILES string of the molecule is C[C@@H]([NH2+]CC(=O)Nc1ccccc1F)c1ccc(Cl)cc1. The molecule has 1 atom stereocenters. The molecule has 0 bridgehead atoms. The molecule has 2 rings (SSSR count). The number of nitrogens with one attached hydrogen (secondary N) is 1. The average molecular weight is 308 g/mol. The summed E-state index contributed by atoms with van der Waals surface area (Å²) in [6.07, 6.45) is 0. The lowest BCUT2D eigenvalue weighted by atomic mass is 10.1. The Hall–Kier alpha value is -1.91. The molecule has 0 aromatic heterocycles. The molecule has 21 heavy (non-hydrogen) atoms. The minimum absolute atomic E-state index is 0.119. The summed E-state index contributed by atoms with van der Waals surface area (Å²) in [5, 5.41) is 5.13. The molecule has 2 aromatic carbocycles. The minimum atomic E-state index is -0.434. The zero-order valence-corrected chi connectivity index (χ0v) is 12.4. The fourth-order valence-electron chi connectivity index (χ4n) is 1.95. The van der Waals surface area contributed by atoms with E-state index in [1.165, 1.54) is 12.1 Å². The highest BCUT2D eigenvalue weighted by atomic mass is 35.5. The first kappa shape index (κ1) is 15.5. The van der Waals surface area contributed by atoms with Gasteiger partial charge in [-0.25, -0.2) is 4.39 Å². The molecule has 0 unspecified atom stereocenters. The van der Waals surface area contributed by atoms with Crippen LogP contribution >= 0.6 is 11.6 Å². The molecule has 0 aliphatic rings. The van der Waals surface area contributed by atoms with Crippen LogP contribution in [0.3, 0.4) is 0 Å². The quantitative estimate of drug-likeness (QED) is 0.876. The number of nitrogens with two attached hydrogens (primary N) is 1. The molecule has 2 aromatic rings. The van der Waals surface area contributed by atoms with Crippen molar-refractivity contribution in [2.24, 2.45) is 0 Å². The molecule has 0 spiro atoms. The van der Waals surface area contributed by atoms with E-state index >= 15 is 0 Å². The van der Waals surface area contributed by atoms with Crippen molar-refractivity contribution < 1.29 is 14.5 Å². The van der Waals surface area contributed by atoms with Gasteiger partial charge in [0, 0.05) is 10.6 Å². The summed E-state index contributed by atoms with van der Waals surface area (Å²) in [6.45, 7) is 2.22. The number of benzene rings is 2. The van der Waals surface area contributed by atoms with Gasteiger partial charge in [-0.2, -0.15) is 0 Å². The Balaban J connectivity index is 1.86. The van der Waals surface area contributed by atoms with Gasteiger partial charge in [0.2, 0.25) is 0 Å². The summed E-state index contributed by atoms with van der Waals surface area (Å²) in [5.74, 6) is -0.669. The third-order valence-electron chi connectivity index (χ3n) is 3.20. The Bertz CT molecular complexity index is 616. The second-order valence-electron chi connectivity index (χ2n) is 4.81. The molecule has 0 saturated heterocycles. The Kier molecular flexibility index (Phi) is 5.31. The molecule has 0 heterocycles. The lowest BCUT2D eigenvalue weighted by molar-refractivity contribution is -0.682. The van der Waals surface area contributed by atoms with Crippen LogP contribution < -0.4 is 10.6 Å². The van der Waals surface area contributed by atoms with Crippen LogP contribution in [0.1, 0.15) is 18.5 Å². The zero-order chi connectivity index (χ0) is 15.2. The van der Waals surface area contributed by atoms with Gasteiger partial charge >= 0.3 is 0 Å². The summed E-state index contributed by atoms with van der Waals surface area (Å²) in [4.78, 5) is 11.8. The molecular weight excluding hydrogens is 291 g/mol. The van der Waals surface area contributed by atoms with Gasteiger partial charge in [0.05, 0.1) is 5.69 Å². The van der Waals surface area contributed by atoms with Crippen LogP contribution in [0.2, 0.25) is 5.02 Å². The lowest BCUT2D eigenvalue weighted by Crippen LogP contribution is -2.86. The molecule has 5 heteroatoms. The highest BCUT2D eigenvalue weighted by Gasteiger charge is 2.12. The highest BCUT2D eigenvalue weighted by molar-refractivity contribution is 6.30. The van der Waals surface area contributed by atoms with E-state index in [-0.39, 0.29) is 24.2 Å². The van der Waals surface area contributed by atoms with Crippen molar-refractivity contribution in [3.8, 4) is 0 Å². The number of amides is 1. The van der Waals surface area contributed by atoms with Crippen molar-refractivity contribution in [1.82, 2.24) is 0 Å². The van der Waals surface area contributed by atoms with E-state index in [0.717, 1.165) is 5.56 Å². The number of halogens is 2. The molecule has 0 aliphatic carbocycles. The van der Waals surface area contributed by atoms with E-state index in [0.29, 0.717) is 5.02 Å². The van der Waals surface area contributed by atoms with Crippen molar-refractivity contribution >= 4 is 23.2 Å². The topological polar surface area (TPSA) is 45.7 Å². The predicted molar refractivity (Wildman–Crippen MR) is 81.7 cm³/mol. The van der Waals surface area contributed by atoms with E-state index in [1.54, 1.807) is 12.1 Å². The van der Waals surface area contributed by atoms with E-state index in [1.807, 2.05) is 36.5 Å². The molecule has 3 nitrogen and oxygen atoms in total. The Morgan fingerprint density at radius 3 is 2.57 bits per heavy atom. The van der Waals surface area contributed by atoms with Gasteiger partial charge in [-0.3, -0.25) is 4.79 Å². The van der Waals surface area contributed by atoms with Crippen LogP contribution in [0, 0.1) is 5.82 Å². The monoisotopic (exact) mass is 307 g/mol. The van der Waals surface area contributed by atoms with Crippen molar-refractivity contribution in [2.75, 3.05) is 11.9 Å². The molecule has 0 radical (unpaired) electrons. The maximum absolute atomic E-state index is 13.4. The molecule has 0 aliphatic heterocycles. The zero-order valence-electron chi connectivity index (χ0n) is 11.6. The number of hydrogen-bond donors (Lipinski definition) is 2. The first-order valence-electron chi connectivity index (χ1n) is 6.69. The van der Waals surface area contributed by atoms with E-state index in [2.05, 4.69) is 5.32 Å². The fraction of sp³-hybridized carbons (Fsp3) is 0.188. The number of anilines is 1. The van der Waals surface area contributed by atoms with Crippen LogP contribution in [0.15, 0.2) is 48.5 Å². The summed E-state index contributed by atoms with van der Waals surface area (Å²) < 4.78 is 13.4. The average Bonchev–Trinajstić information content (AvgIpc) is 2.48. The summed E-state index contributed by atoms with van der Waals surface area (Å²) in [6, 6.07) is 13.7. The number of hydrogen-bond acceptors (Lipinski definition) is 1. The second kappa shape index (κ2) is 7.20. The first-order valence-corrected chi connectivity index (χ1v) is 7.07. The van der Waals surface area contributed by atoms with E-state index in [4.69, 9.17) is 11.6 Å². The fourth-order valence-corrected chi connectivity index (χ4v) is 2.08. The van der Waals surface area contributed by atoms with E-state index < -0.39 is 5.82 Å².